The van der Waals surface area contributed by atoms with Crippen molar-refractivity contribution in [3.05, 3.63) is 0 Å². The molecule has 0 radical (unpaired) electrons. The third-order valence-corrected chi connectivity index (χ3v) is 4.40. The van der Waals surface area contributed by atoms with E-state index in [0.717, 1.165) is 30.8 Å². The van der Waals surface area contributed by atoms with Gasteiger partial charge < -0.3 is 10.6 Å². The zero-order chi connectivity index (χ0) is 11.5. The number of carbonyl (C=O) groups is 1. The Hall–Kier alpha value is -0.570. The van der Waals surface area contributed by atoms with E-state index in [-0.39, 0.29) is 5.91 Å². The third-order valence-electron chi connectivity index (χ3n) is 4.40. The van der Waals surface area contributed by atoms with Crippen LogP contribution in [-0.2, 0) is 4.79 Å². The highest BCUT2D eigenvalue weighted by Gasteiger charge is 2.41. The standard InChI is InChI=1S/C13H24N2O/c1-9(14-5-6-15-10(2)16)13-8-11-3-4-12(13)7-11/h9,11-14H,3-8H2,1-2H3,(H,15,16). The van der Waals surface area contributed by atoms with Crippen molar-refractivity contribution >= 4 is 5.91 Å². The highest BCUT2D eigenvalue weighted by molar-refractivity contribution is 5.72. The summed E-state index contributed by atoms with van der Waals surface area (Å²) in [5.41, 5.74) is 0. The second kappa shape index (κ2) is 5.17. The van der Waals surface area contributed by atoms with Crippen LogP contribution < -0.4 is 10.6 Å². The summed E-state index contributed by atoms with van der Waals surface area (Å²) in [7, 11) is 0. The SMILES string of the molecule is CC(=O)NCCNC(C)C1CC2CCC1C2. The molecule has 2 aliphatic rings. The molecule has 1 amide bonds. The molecular formula is C13H24N2O. The molecule has 0 heterocycles. The summed E-state index contributed by atoms with van der Waals surface area (Å²) in [4.78, 5) is 10.7. The van der Waals surface area contributed by atoms with Gasteiger partial charge in [-0.1, -0.05) is 6.42 Å². The first-order valence-corrected chi connectivity index (χ1v) is 6.64. The summed E-state index contributed by atoms with van der Waals surface area (Å²) in [5.74, 6) is 2.95. The van der Waals surface area contributed by atoms with Crippen LogP contribution in [0.2, 0.25) is 0 Å². The molecule has 2 N–H and O–H groups in total. The van der Waals surface area contributed by atoms with E-state index in [0.29, 0.717) is 6.04 Å². The van der Waals surface area contributed by atoms with Gasteiger partial charge in [0.1, 0.15) is 0 Å². The lowest BCUT2D eigenvalue weighted by Crippen LogP contribution is -2.40. The van der Waals surface area contributed by atoms with E-state index in [4.69, 9.17) is 0 Å². The van der Waals surface area contributed by atoms with Gasteiger partial charge in [-0.05, 0) is 43.9 Å². The van der Waals surface area contributed by atoms with Gasteiger partial charge in [-0.15, -0.1) is 0 Å². The maximum absolute atomic E-state index is 10.7. The summed E-state index contributed by atoms with van der Waals surface area (Å²) in [6, 6.07) is 0.615. The summed E-state index contributed by atoms with van der Waals surface area (Å²) in [6.07, 6.45) is 5.83. The molecule has 92 valence electrons. The molecule has 0 aromatic heterocycles. The average Bonchev–Trinajstić information content (AvgIpc) is 2.85. The topological polar surface area (TPSA) is 41.1 Å². The lowest BCUT2D eigenvalue weighted by Gasteiger charge is -2.28. The molecule has 0 aromatic carbocycles. The Labute approximate surface area is 98.4 Å². The molecule has 0 aromatic rings. The van der Waals surface area contributed by atoms with E-state index >= 15 is 0 Å². The van der Waals surface area contributed by atoms with Gasteiger partial charge in [-0.3, -0.25) is 4.79 Å². The summed E-state index contributed by atoms with van der Waals surface area (Å²) >= 11 is 0. The molecule has 0 saturated heterocycles. The first-order valence-electron chi connectivity index (χ1n) is 6.64. The Kier molecular flexibility index (Phi) is 3.85. The van der Waals surface area contributed by atoms with Crippen molar-refractivity contribution in [3.8, 4) is 0 Å². The van der Waals surface area contributed by atoms with Crippen molar-refractivity contribution in [2.75, 3.05) is 13.1 Å². The van der Waals surface area contributed by atoms with E-state index < -0.39 is 0 Å². The van der Waals surface area contributed by atoms with E-state index in [1.807, 2.05) is 0 Å². The molecule has 2 aliphatic carbocycles. The van der Waals surface area contributed by atoms with E-state index in [2.05, 4.69) is 17.6 Å². The van der Waals surface area contributed by atoms with Gasteiger partial charge in [0.2, 0.25) is 5.91 Å². The highest BCUT2D eigenvalue weighted by Crippen LogP contribution is 2.49. The third kappa shape index (κ3) is 2.76. The van der Waals surface area contributed by atoms with Crippen molar-refractivity contribution in [3.63, 3.8) is 0 Å². The van der Waals surface area contributed by atoms with Crippen molar-refractivity contribution < 1.29 is 4.79 Å². The Morgan fingerprint density at radius 3 is 2.69 bits per heavy atom. The number of hydrogen-bond donors (Lipinski definition) is 2. The molecule has 4 atom stereocenters. The maximum atomic E-state index is 10.7. The molecule has 2 saturated carbocycles. The fraction of sp³-hybridized carbons (Fsp3) is 0.923. The number of rotatable bonds is 5. The van der Waals surface area contributed by atoms with E-state index in [1.165, 1.54) is 25.7 Å². The predicted octanol–water partition coefficient (Wildman–Crippen LogP) is 1.54. The maximum Gasteiger partial charge on any atom is 0.216 e. The summed E-state index contributed by atoms with van der Waals surface area (Å²) in [5, 5.41) is 6.37. The second-order valence-corrected chi connectivity index (χ2v) is 5.56. The molecule has 2 bridgehead atoms. The van der Waals surface area contributed by atoms with Crippen LogP contribution in [0.3, 0.4) is 0 Å². The monoisotopic (exact) mass is 224 g/mol. The molecule has 0 spiro atoms. The molecular weight excluding hydrogens is 200 g/mol. The number of hydrogen-bond acceptors (Lipinski definition) is 2. The predicted molar refractivity (Wildman–Crippen MR) is 65.1 cm³/mol. The first kappa shape index (κ1) is 11.9. The van der Waals surface area contributed by atoms with Crippen LogP contribution in [0.5, 0.6) is 0 Å². The van der Waals surface area contributed by atoms with Gasteiger partial charge in [-0.2, -0.15) is 0 Å². The zero-order valence-corrected chi connectivity index (χ0v) is 10.5. The van der Waals surface area contributed by atoms with Crippen LogP contribution >= 0.6 is 0 Å². The first-order chi connectivity index (χ1) is 7.66. The van der Waals surface area contributed by atoms with Crippen molar-refractivity contribution in [2.24, 2.45) is 17.8 Å². The van der Waals surface area contributed by atoms with E-state index in [9.17, 15) is 4.79 Å². The van der Waals surface area contributed by atoms with Crippen LogP contribution in [0, 0.1) is 17.8 Å². The number of nitrogens with one attached hydrogen (secondary N) is 2. The minimum Gasteiger partial charge on any atom is -0.355 e. The molecule has 3 heteroatoms. The Bertz CT molecular complexity index is 254. The molecule has 2 rings (SSSR count). The Balaban J connectivity index is 1.64. The van der Waals surface area contributed by atoms with Gasteiger partial charge in [0.15, 0.2) is 0 Å². The minimum atomic E-state index is 0.0642. The minimum absolute atomic E-state index is 0.0642. The fourth-order valence-corrected chi connectivity index (χ4v) is 3.60. The average molecular weight is 224 g/mol. The fourth-order valence-electron chi connectivity index (χ4n) is 3.60. The number of amides is 1. The molecule has 0 aliphatic heterocycles. The van der Waals surface area contributed by atoms with E-state index in [1.54, 1.807) is 6.92 Å². The van der Waals surface area contributed by atoms with Crippen LogP contribution in [0.1, 0.15) is 39.5 Å². The van der Waals surface area contributed by atoms with Crippen LogP contribution in [-0.4, -0.2) is 25.0 Å². The van der Waals surface area contributed by atoms with Crippen LogP contribution in [0.15, 0.2) is 0 Å². The van der Waals surface area contributed by atoms with Gasteiger partial charge in [0.05, 0.1) is 0 Å². The van der Waals surface area contributed by atoms with Gasteiger partial charge in [0.25, 0.3) is 0 Å². The quantitative estimate of drug-likeness (QED) is 0.695. The number of fused-ring (bicyclic) bond motifs is 2. The van der Waals surface area contributed by atoms with Crippen molar-refractivity contribution in [1.82, 2.24) is 10.6 Å². The summed E-state index contributed by atoms with van der Waals surface area (Å²) in [6.45, 7) is 5.52. The largest absolute Gasteiger partial charge is 0.355 e. The lowest BCUT2D eigenvalue weighted by molar-refractivity contribution is -0.118. The molecule has 4 unspecified atom stereocenters. The van der Waals surface area contributed by atoms with Gasteiger partial charge in [-0.25, -0.2) is 0 Å². The van der Waals surface area contributed by atoms with Crippen molar-refractivity contribution in [2.45, 2.75) is 45.6 Å². The smallest absolute Gasteiger partial charge is 0.216 e. The molecule has 16 heavy (non-hydrogen) atoms. The number of carbonyl (C=O) groups excluding carboxylic acids is 1. The highest BCUT2D eigenvalue weighted by atomic mass is 16.1. The van der Waals surface area contributed by atoms with Crippen LogP contribution in [0.25, 0.3) is 0 Å². The van der Waals surface area contributed by atoms with Gasteiger partial charge in [0, 0.05) is 26.1 Å². The zero-order valence-electron chi connectivity index (χ0n) is 10.5. The Morgan fingerprint density at radius 2 is 2.12 bits per heavy atom. The van der Waals surface area contributed by atoms with Crippen LogP contribution in [0.4, 0.5) is 0 Å². The van der Waals surface area contributed by atoms with Gasteiger partial charge >= 0.3 is 0 Å². The lowest BCUT2D eigenvalue weighted by atomic mass is 9.84. The molecule has 3 nitrogen and oxygen atoms in total. The second-order valence-electron chi connectivity index (χ2n) is 5.56. The Morgan fingerprint density at radius 1 is 1.31 bits per heavy atom. The van der Waals surface area contributed by atoms with Crippen molar-refractivity contribution in [1.29, 1.82) is 0 Å². The molecule has 2 fully saturated rings. The summed E-state index contributed by atoms with van der Waals surface area (Å²) < 4.78 is 0. The normalized spacial score (nSPS) is 34.0.